The summed E-state index contributed by atoms with van der Waals surface area (Å²) >= 11 is 5.93. The van der Waals surface area contributed by atoms with Crippen LogP contribution in [0.2, 0.25) is 5.02 Å². The number of ether oxygens (including phenoxy) is 3. The lowest BCUT2D eigenvalue weighted by molar-refractivity contribution is -0.121. The molecule has 4 rings (SSSR count). The third-order valence-corrected chi connectivity index (χ3v) is 5.79. The minimum Gasteiger partial charge on any atom is -0.488 e. The van der Waals surface area contributed by atoms with Gasteiger partial charge in [-0.1, -0.05) is 18.5 Å². The van der Waals surface area contributed by atoms with Gasteiger partial charge in [-0.15, -0.1) is 0 Å². The summed E-state index contributed by atoms with van der Waals surface area (Å²) in [7, 11) is 0. The highest BCUT2D eigenvalue weighted by Crippen LogP contribution is 2.36. The Morgan fingerprint density at radius 2 is 2.03 bits per heavy atom. The van der Waals surface area contributed by atoms with Crippen LogP contribution >= 0.6 is 11.6 Å². The van der Waals surface area contributed by atoms with E-state index >= 15 is 0 Å². The van der Waals surface area contributed by atoms with Crippen LogP contribution in [-0.2, 0) is 9.53 Å². The van der Waals surface area contributed by atoms with Crippen molar-refractivity contribution in [3.05, 3.63) is 47.5 Å². The number of amides is 1. The molecule has 0 atom stereocenters. The van der Waals surface area contributed by atoms with Crippen LogP contribution in [0.25, 0.3) is 10.9 Å². The number of benzene rings is 2. The molecule has 35 heavy (non-hydrogen) atoms. The van der Waals surface area contributed by atoms with E-state index in [2.05, 4.69) is 20.6 Å². The molecule has 10 heteroatoms. The molecule has 3 aromatic rings. The lowest BCUT2D eigenvalue weighted by atomic mass is 10.1. The molecule has 0 saturated carbocycles. The summed E-state index contributed by atoms with van der Waals surface area (Å²) in [5, 5.41) is 6.74. The Labute approximate surface area is 208 Å². The third kappa shape index (κ3) is 6.70. The molecular weight excluding hydrogens is 475 g/mol. The average molecular weight is 503 g/mol. The van der Waals surface area contributed by atoms with Crippen molar-refractivity contribution in [3.63, 3.8) is 0 Å². The van der Waals surface area contributed by atoms with E-state index in [1.165, 1.54) is 18.5 Å². The van der Waals surface area contributed by atoms with Gasteiger partial charge >= 0.3 is 0 Å². The summed E-state index contributed by atoms with van der Waals surface area (Å²) in [5.41, 5.74) is 1.23. The third-order valence-electron chi connectivity index (χ3n) is 5.50. The molecule has 2 N–H and O–H groups in total. The SMILES string of the molecule is CCCC(=O)NCCOc1cc2ncnc(Nc3ccc(F)c(Cl)c3)c2cc1OC1CCOCC1. The molecule has 1 amide bonds. The van der Waals surface area contributed by atoms with Crippen LogP contribution in [0.15, 0.2) is 36.7 Å². The largest absolute Gasteiger partial charge is 0.488 e. The second-order valence-corrected chi connectivity index (χ2v) is 8.58. The molecule has 1 aromatic heterocycles. The summed E-state index contributed by atoms with van der Waals surface area (Å²) in [4.78, 5) is 20.5. The lowest BCUT2D eigenvalue weighted by Crippen LogP contribution is -2.28. The van der Waals surface area contributed by atoms with Gasteiger partial charge in [0.15, 0.2) is 11.5 Å². The van der Waals surface area contributed by atoms with Crippen LogP contribution in [0.3, 0.4) is 0 Å². The Kier molecular flexibility index (Phi) is 8.54. The first kappa shape index (κ1) is 24.9. The van der Waals surface area contributed by atoms with Crippen molar-refractivity contribution >= 4 is 39.9 Å². The number of nitrogens with one attached hydrogen (secondary N) is 2. The van der Waals surface area contributed by atoms with E-state index in [0.29, 0.717) is 60.1 Å². The molecule has 0 spiro atoms. The fraction of sp³-hybridized carbons (Fsp3) is 0.400. The van der Waals surface area contributed by atoms with Crippen molar-refractivity contribution < 1.29 is 23.4 Å². The predicted molar refractivity (Wildman–Crippen MR) is 132 cm³/mol. The monoisotopic (exact) mass is 502 g/mol. The number of carbonyl (C=O) groups is 1. The number of aromatic nitrogens is 2. The van der Waals surface area contributed by atoms with E-state index < -0.39 is 5.82 Å². The van der Waals surface area contributed by atoms with Gasteiger partial charge < -0.3 is 24.8 Å². The maximum absolute atomic E-state index is 13.6. The van der Waals surface area contributed by atoms with Gasteiger partial charge in [-0.25, -0.2) is 14.4 Å². The Hall–Kier alpha value is -3.17. The van der Waals surface area contributed by atoms with Gasteiger partial charge in [0.05, 0.1) is 30.3 Å². The van der Waals surface area contributed by atoms with E-state index in [1.54, 1.807) is 12.1 Å². The van der Waals surface area contributed by atoms with Crippen LogP contribution in [0, 0.1) is 5.82 Å². The van der Waals surface area contributed by atoms with E-state index in [0.717, 1.165) is 19.3 Å². The summed E-state index contributed by atoms with van der Waals surface area (Å²) in [6.07, 6.45) is 4.25. The van der Waals surface area contributed by atoms with Crippen molar-refractivity contribution in [2.24, 2.45) is 0 Å². The maximum atomic E-state index is 13.6. The van der Waals surface area contributed by atoms with Gasteiger partial charge in [0.1, 0.15) is 30.7 Å². The zero-order valence-electron chi connectivity index (χ0n) is 19.5. The van der Waals surface area contributed by atoms with Crippen LogP contribution in [-0.4, -0.2) is 48.3 Å². The van der Waals surface area contributed by atoms with Crippen molar-refractivity contribution in [3.8, 4) is 11.5 Å². The first-order valence-electron chi connectivity index (χ1n) is 11.7. The smallest absolute Gasteiger partial charge is 0.220 e. The van der Waals surface area contributed by atoms with Gasteiger partial charge in [0, 0.05) is 36.4 Å². The Morgan fingerprint density at radius 3 is 2.80 bits per heavy atom. The van der Waals surface area contributed by atoms with Crippen LogP contribution in [0.1, 0.15) is 32.6 Å². The van der Waals surface area contributed by atoms with Crippen molar-refractivity contribution in [1.82, 2.24) is 15.3 Å². The fourth-order valence-corrected chi connectivity index (χ4v) is 3.90. The highest BCUT2D eigenvalue weighted by Gasteiger charge is 2.19. The topological polar surface area (TPSA) is 94.6 Å². The molecule has 0 radical (unpaired) electrons. The molecule has 186 valence electrons. The summed E-state index contributed by atoms with van der Waals surface area (Å²) < 4.78 is 31.3. The number of hydrogen-bond acceptors (Lipinski definition) is 7. The quantitative estimate of drug-likeness (QED) is 0.376. The first-order chi connectivity index (χ1) is 17.0. The Bertz CT molecular complexity index is 1170. The maximum Gasteiger partial charge on any atom is 0.220 e. The summed E-state index contributed by atoms with van der Waals surface area (Å²) in [6.45, 7) is 3.91. The van der Waals surface area contributed by atoms with E-state index in [1.807, 2.05) is 13.0 Å². The number of carbonyl (C=O) groups excluding carboxylic acids is 1. The van der Waals surface area contributed by atoms with E-state index in [4.69, 9.17) is 25.8 Å². The molecule has 8 nitrogen and oxygen atoms in total. The molecule has 0 aliphatic carbocycles. The highest BCUT2D eigenvalue weighted by atomic mass is 35.5. The minimum atomic E-state index is -0.496. The molecule has 0 bridgehead atoms. The van der Waals surface area contributed by atoms with Crippen molar-refractivity contribution in [2.75, 3.05) is 31.7 Å². The minimum absolute atomic E-state index is 0.00218. The van der Waals surface area contributed by atoms with Crippen molar-refractivity contribution in [1.29, 1.82) is 0 Å². The zero-order chi connectivity index (χ0) is 24.6. The van der Waals surface area contributed by atoms with Crippen molar-refractivity contribution in [2.45, 2.75) is 38.7 Å². The molecule has 2 heterocycles. The number of nitrogens with zero attached hydrogens (tertiary/aromatic N) is 2. The van der Waals surface area contributed by atoms with E-state index in [9.17, 15) is 9.18 Å². The fourth-order valence-electron chi connectivity index (χ4n) is 3.72. The van der Waals surface area contributed by atoms with Gasteiger partial charge in [-0.05, 0) is 30.7 Å². The molecule has 1 fully saturated rings. The standard InChI is InChI=1S/C25H28ClFN4O4/c1-2-3-24(32)28-8-11-34-22-14-21-18(13-23(22)35-17-6-9-33-10-7-17)25(30-15-29-21)31-16-4-5-20(27)19(26)12-16/h4-5,12-15,17H,2-3,6-11H2,1H3,(H,28,32)(H,29,30,31). The summed E-state index contributed by atoms with van der Waals surface area (Å²) in [5.74, 6) is 1.11. The van der Waals surface area contributed by atoms with Gasteiger partial charge in [-0.2, -0.15) is 0 Å². The van der Waals surface area contributed by atoms with Gasteiger partial charge in [0.2, 0.25) is 5.91 Å². The number of hydrogen-bond donors (Lipinski definition) is 2. The molecule has 1 aliphatic rings. The number of fused-ring (bicyclic) bond motifs is 1. The molecule has 1 aliphatic heterocycles. The van der Waals surface area contributed by atoms with Gasteiger partial charge in [0.25, 0.3) is 0 Å². The molecule has 0 unspecified atom stereocenters. The Balaban J connectivity index is 1.59. The second kappa shape index (κ2) is 12.0. The second-order valence-electron chi connectivity index (χ2n) is 8.17. The Morgan fingerprint density at radius 1 is 1.20 bits per heavy atom. The molecular formula is C25H28ClFN4O4. The zero-order valence-corrected chi connectivity index (χ0v) is 20.2. The van der Waals surface area contributed by atoms with Crippen LogP contribution in [0.4, 0.5) is 15.9 Å². The lowest BCUT2D eigenvalue weighted by Gasteiger charge is -2.25. The predicted octanol–water partition coefficient (Wildman–Crippen LogP) is 5.02. The average Bonchev–Trinajstić information content (AvgIpc) is 2.85. The molecule has 2 aromatic carbocycles. The number of rotatable bonds is 10. The van der Waals surface area contributed by atoms with Crippen LogP contribution < -0.4 is 20.1 Å². The highest BCUT2D eigenvalue weighted by molar-refractivity contribution is 6.31. The van der Waals surface area contributed by atoms with Crippen LogP contribution in [0.5, 0.6) is 11.5 Å². The number of anilines is 2. The molecule has 1 saturated heterocycles. The normalized spacial score (nSPS) is 14.0. The first-order valence-corrected chi connectivity index (χ1v) is 12.1. The summed E-state index contributed by atoms with van der Waals surface area (Å²) in [6, 6.07) is 8.00. The number of halogens is 2. The van der Waals surface area contributed by atoms with E-state index in [-0.39, 0.29) is 23.6 Å². The van der Waals surface area contributed by atoms with Gasteiger partial charge in [-0.3, -0.25) is 4.79 Å².